The van der Waals surface area contributed by atoms with Crippen molar-refractivity contribution in [3.8, 4) is 5.75 Å². The minimum Gasteiger partial charge on any atom is -0.481 e. The van der Waals surface area contributed by atoms with E-state index in [1.165, 1.54) is 12.1 Å². The zero-order chi connectivity index (χ0) is 17.7. The predicted molar refractivity (Wildman–Crippen MR) is 92.6 cm³/mol. The lowest BCUT2D eigenvalue weighted by atomic mass is 10.1. The Morgan fingerprint density at radius 3 is 2.54 bits per heavy atom. The number of nitrogens with zero attached hydrogens (tertiary/aromatic N) is 1. The van der Waals surface area contributed by atoms with Crippen LogP contribution in [0.25, 0.3) is 0 Å². The lowest BCUT2D eigenvalue weighted by molar-refractivity contribution is -0.384. The number of ether oxygens (including phenoxy) is 1. The van der Waals surface area contributed by atoms with E-state index in [4.69, 9.17) is 16.3 Å². The molecule has 0 aromatic heterocycles. The third-order valence-electron chi connectivity index (χ3n) is 3.45. The van der Waals surface area contributed by atoms with Crippen LogP contribution in [0.5, 0.6) is 5.75 Å². The maximum absolute atomic E-state index is 12.4. The van der Waals surface area contributed by atoms with Crippen molar-refractivity contribution in [1.82, 2.24) is 0 Å². The minimum absolute atomic E-state index is 0.0810. The van der Waals surface area contributed by atoms with Gasteiger partial charge in [-0.15, -0.1) is 0 Å². The first-order chi connectivity index (χ1) is 11.4. The molecule has 2 rings (SSSR count). The SMILES string of the molecule is CC[C@@H](Oc1ccc(Cl)cc1)C(=O)Nc1cc([N+](=O)[O-])ccc1C. The molecule has 24 heavy (non-hydrogen) atoms. The topological polar surface area (TPSA) is 81.5 Å². The number of benzene rings is 2. The van der Waals surface area contributed by atoms with Crippen LogP contribution in [0.15, 0.2) is 42.5 Å². The molecule has 0 unspecified atom stereocenters. The van der Waals surface area contributed by atoms with Gasteiger partial charge < -0.3 is 10.1 Å². The van der Waals surface area contributed by atoms with Crippen LogP contribution in [0.3, 0.4) is 0 Å². The van der Waals surface area contributed by atoms with E-state index in [2.05, 4.69) is 5.32 Å². The third-order valence-corrected chi connectivity index (χ3v) is 3.70. The number of carbonyl (C=O) groups excluding carboxylic acids is 1. The number of non-ortho nitro benzene ring substituents is 1. The van der Waals surface area contributed by atoms with Crippen molar-refractivity contribution >= 4 is 28.9 Å². The van der Waals surface area contributed by atoms with Crippen LogP contribution in [0, 0.1) is 17.0 Å². The summed E-state index contributed by atoms with van der Waals surface area (Å²) in [4.78, 5) is 22.8. The molecule has 0 spiro atoms. The van der Waals surface area contributed by atoms with Gasteiger partial charge in [0, 0.05) is 17.2 Å². The summed E-state index contributed by atoms with van der Waals surface area (Å²) in [6.07, 6.45) is -0.271. The average molecular weight is 349 g/mol. The summed E-state index contributed by atoms with van der Waals surface area (Å²) in [5, 5.41) is 14.1. The van der Waals surface area contributed by atoms with Gasteiger partial charge in [0.1, 0.15) is 5.75 Å². The normalized spacial score (nSPS) is 11.6. The van der Waals surface area contributed by atoms with Crippen LogP contribution in [-0.4, -0.2) is 16.9 Å². The first kappa shape index (κ1) is 17.7. The largest absolute Gasteiger partial charge is 0.481 e. The molecule has 1 atom stereocenters. The highest BCUT2D eigenvalue weighted by atomic mass is 35.5. The number of hydrogen-bond acceptors (Lipinski definition) is 4. The zero-order valence-electron chi connectivity index (χ0n) is 13.3. The number of nitro benzene ring substituents is 1. The molecule has 0 bridgehead atoms. The summed E-state index contributed by atoms with van der Waals surface area (Å²) >= 11 is 5.82. The fraction of sp³-hybridized carbons (Fsp3) is 0.235. The second kappa shape index (κ2) is 7.79. The van der Waals surface area contributed by atoms with Crippen molar-refractivity contribution in [1.29, 1.82) is 0 Å². The van der Waals surface area contributed by atoms with Gasteiger partial charge in [-0.05, 0) is 43.2 Å². The van der Waals surface area contributed by atoms with Gasteiger partial charge in [0.15, 0.2) is 6.10 Å². The van der Waals surface area contributed by atoms with Crippen LogP contribution in [0.4, 0.5) is 11.4 Å². The highest BCUT2D eigenvalue weighted by Gasteiger charge is 2.20. The summed E-state index contributed by atoms with van der Waals surface area (Å²) in [5.41, 5.74) is 1.05. The Morgan fingerprint density at radius 2 is 1.96 bits per heavy atom. The number of anilines is 1. The highest BCUT2D eigenvalue weighted by molar-refractivity contribution is 6.30. The molecular formula is C17H17ClN2O4. The van der Waals surface area contributed by atoms with Crippen molar-refractivity contribution in [3.63, 3.8) is 0 Å². The van der Waals surface area contributed by atoms with Crippen molar-refractivity contribution < 1.29 is 14.5 Å². The third kappa shape index (κ3) is 4.45. The molecule has 0 aliphatic heterocycles. The lowest BCUT2D eigenvalue weighted by Gasteiger charge is -2.18. The molecule has 0 heterocycles. The van der Waals surface area contributed by atoms with Gasteiger partial charge in [-0.2, -0.15) is 0 Å². The summed E-state index contributed by atoms with van der Waals surface area (Å²) in [6.45, 7) is 3.58. The second-order valence-corrected chi connectivity index (χ2v) is 5.65. The number of rotatable bonds is 6. The molecule has 7 heteroatoms. The first-order valence-electron chi connectivity index (χ1n) is 7.39. The van der Waals surface area contributed by atoms with Crippen molar-refractivity contribution in [2.45, 2.75) is 26.4 Å². The van der Waals surface area contributed by atoms with Crippen molar-refractivity contribution in [3.05, 3.63) is 63.2 Å². The van der Waals surface area contributed by atoms with Crippen LogP contribution in [0.2, 0.25) is 5.02 Å². The Hall–Kier alpha value is -2.60. The fourth-order valence-corrected chi connectivity index (χ4v) is 2.20. The van der Waals surface area contributed by atoms with Crippen LogP contribution < -0.4 is 10.1 Å². The number of nitrogens with one attached hydrogen (secondary N) is 1. The molecule has 0 aliphatic carbocycles. The van der Waals surface area contributed by atoms with Gasteiger partial charge >= 0.3 is 0 Å². The molecule has 2 aromatic rings. The van der Waals surface area contributed by atoms with Crippen molar-refractivity contribution in [2.75, 3.05) is 5.32 Å². The molecule has 0 fully saturated rings. The maximum atomic E-state index is 12.4. The minimum atomic E-state index is -0.718. The Bertz CT molecular complexity index is 747. The highest BCUT2D eigenvalue weighted by Crippen LogP contribution is 2.23. The van der Waals surface area contributed by atoms with Crippen LogP contribution >= 0.6 is 11.6 Å². The molecule has 1 amide bonds. The van der Waals surface area contributed by atoms with E-state index in [-0.39, 0.29) is 11.6 Å². The number of aryl methyl sites for hydroxylation is 1. The Balaban J connectivity index is 2.13. The summed E-state index contributed by atoms with van der Waals surface area (Å²) < 4.78 is 5.67. The fourth-order valence-electron chi connectivity index (χ4n) is 2.07. The Labute approximate surface area is 144 Å². The Kier molecular flexibility index (Phi) is 5.76. The quantitative estimate of drug-likeness (QED) is 0.621. The smallest absolute Gasteiger partial charge is 0.271 e. The van der Waals surface area contributed by atoms with Crippen LogP contribution in [-0.2, 0) is 4.79 Å². The molecule has 126 valence electrons. The molecule has 0 aliphatic rings. The van der Waals surface area contributed by atoms with Gasteiger partial charge in [0.2, 0.25) is 0 Å². The number of halogens is 1. The number of amides is 1. The maximum Gasteiger partial charge on any atom is 0.271 e. The standard InChI is InChI=1S/C17H17ClN2O4/c1-3-16(24-14-8-5-12(18)6-9-14)17(21)19-15-10-13(20(22)23)7-4-11(15)2/h4-10,16H,3H2,1-2H3,(H,19,21)/t16-/m1/s1. The molecule has 0 radical (unpaired) electrons. The molecular weight excluding hydrogens is 332 g/mol. The van der Waals surface area contributed by atoms with E-state index in [0.717, 1.165) is 5.56 Å². The summed E-state index contributed by atoms with van der Waals surface area (Å²) in [7, 11) is 0. The molecule has 6 nitrogen and oxygen atoms in total. The summed E-state index contributed by atoms with van der Waals surface area (Å²) in [6, 6.07) is 11.0. The average Bonchev–Trinajstić information content (AvgIpc) is 2.56. The Morgan fingerprint density at radius 1 is 1.29 bits per heavy atom. The first-order valence-corrected chi connectivity index (χ1v) is 7.76. The van der Waals surface area contributed by atoms with E-state index in [9.17, 15) is 14.9 Å². The van der Waals surface area contributed by atoms with Gasteiger partial charge in [-0.1, -0.05) is 24.6 Å². The van der Waals surface area contributed by atoms with Gasteiger partial charge in [-0.3, -0.25) is 14.9 Å². The van der Waals surface area contributed by atoms with E-state index in [0.29, 0.717) is 22.9 Å². The predicted octanol–water partition coefficient (Wildman–Crippen LogP) is 4.35. The van der Waals surface area contributed by atoms with Gasteiger partial charge in [-0.25, -0.2) is 0 Å². The number of hydrogen-bond donors (Lipinski definition) is 1. The molecule has 2 aromatic carbocycles. The second-order valence-electron chi connectivity index (χ2n) is 5.21. The van der Waals surface area contributed by atoms with E-state index < -0.39 is 11.0 Å². The monoisotopic (exact) mass is 348 g/mol. The number of nitro groups is 1. The zero-order valence-corrected chi connectivity index (χ0v) is 14.0. The molecule has 0 saturated carbocycles. The van der Waals surface area contributed by atoms with Crippen LogP contribution in [0.1, 0.15) is 18.9 Å². The molecule has 0 saturated heterocycles. The van der Waals surface area contributed by atoms with E-state index in [1.54, 1.807) is 37.3 Å². The lowest BCUT2D eigenvalue weighted by Crippen LogP contribution is -2.32. The van der Waals surface area contributed by atoms with E-state index in [1.807, 2.05) is 6.92 Å². The number of carbonyl (C=O) groups is 1. The van der Waals surface area contributed by atoms with Gasteiger partial charge in [0.25, 0.3) is 11.6 Å². The summed E-state index contributed by atoms with van der Waals surface area (Å²) in [5.74, 6) is 0.160. The van der Waals surface area contributed by atoms with E-state index >= 15 is 0 Å². The van der Waals surface area contributed by atoms with Crippen molar-refractivity contribution in [2.24, 2.45) is 0 Å². The van der Waals surface area contributed by atoms with Gasteiger partial charge in [0.05, 0.1) is 10.6 Å². The molecule has 1 N–H and O–H groups in total.